The summed E-state index contributed by atoms with van der Waals surface area (Å²) in [5, 5.41) is 10.4. The molecule has 1 aromatic carbocycles. The van der Waals surface area contributed by atoms with Crippen molar-refractivity contribution in [3.63, 3.8) is 0 Å². The number of carbonyl (C=O) groups is 1. The molecule has 0 bridgehead atoms. The van der Waals surface area contributed by atoms with Crippen LogP contribution in [0.3, 0.4) is 0 Å². The molecule has 170 valence electrons. The molecule has 0 spiro atoms. The lowest BCUT2D eigenvalue weighted by molar-refractivity contribution is 0.102. The second-order valence-corrected chi connectivity index (χ2v) is 9.71. The first-order valence-corrected chi connectivity index (χ1v) is 12.1. The molecular formula is C25H28N6OS. The number of fused-ring (bicyclic) bond motifs is 1. The Labute approximate surface area is 197 Å². The van der Waals surface area contributed by atoms with Crippen LogP contribution in [0.25, 0.3) is 11.0 Å². The van der Waals surface area contributed by atoms with Crippen molar-refractivity contribution in [2.24, 2.45) is 0 Å². The van der Waals surface area contributed by atoms with E-state index >= 15 is 0 Å². The van der Waals surface area contributed by atoms with E-state index < -0.39 is 0 Å². The highest BCUT2D eigenvalue weighted by molar-refractivity contribution is 7.09. The molecule has 8 heteroatoms. The van der Waals surface area contributed by atoms with Crippen molar-refractivity contribution < 1.29 is 4.79 Å². The van der Waals surface area contributed by atoms with Gasteiger partial charge in [0.1, 0.15) is 0 Å². The van der Waals surface area contributed by atoms with Gasteiger partial charge in [0.05, 0.1) is 23.7 Å². The zero-order valence-corrected chi connectivity index (χ0v) is 20.0. The standard InChI is InChI=1S/C25H28N6OS/c1-17-13-19(30-10-8-29(3)9-11-30)6-7-23(17)28-25(32)21-14-18(2)27-24-22(21)15-26-31(24)16-20-5-4-12-33-20/h4-7,12-15H,8-11,16H2,1-3H3,(H,28,32). The number of piperazine rings is 1. The zero-order valence-electron chi connectivity index (χ0n) is 19.2. The van der Waals surface area contributed by atoms with E-state index in [2.05, 4.69) is 55.8 Å². The Morgan fingerprint density at radius 2 is 1.94 bits per heavy atom. The van der Waals surface area contributed by atoms with E-state index in [9.17, 15) is 4.79 Å². The van der Waals surface area contributed by atoms with Gasteiger partial charge in [0.15, 0.2) is 5.65 Å². The number of aryl methyl sites for hydroxylation is 2. The smallest absolute Gasteiger partial charge is 0.256 e. The molecule has 1 aliphatic heterocycles. The van der Waals surface area contributed by atoms with Gasteiger partial charge in [-0.25, -0.2) is 9.67 Å². The third-order valence-corrected chi connectivity index (χ3v) is 7.06. The molecule has 4 aromatic rings. The Bertz CT molecular complexity index is 1290. The van der Waals surface area contributed by atoms with Gasteiger partial charge in [0.25, 0.3) is 5.91 Å². The molecule has 0 radical (unpaired) electrons. The van der Waals surface area contributed by atoms with Gasteiger partial charge in [0, 0.05) is 48.1 Å². The number of amides is 1. The van der Waals surface area contributed by atoms with E-state index in [-0.39, 0.29) is 5.91 Å². The van der Waals surface area contributed by atoms with Crippen LogP contribution in [0.5, 0.6) is 0 Å². The quantitative estimate of drug-likeness (QED) is 0.484. The van der Waals surface area contributed by atoms with E-state index in [4.69, 9.17) is 0 Å². The molecular weight excluding hydrogens is 432 g/mol. The first-order chi connectivity index (χ1) is 16.0. The minimum Gasteiger partial charge on any atom is -0.369 e. The number of thiophene rings is 1. The van der Waals surface area contributed by atoms with Gasteiger partial charge in [-0.15, -0.1) is 11.3 Å². The fourth-order valence-corrected chi connectivity index (χ4v) is 4.95. The van der Waals surface area contributed by atoms with Crippen molar-refractivity contribution in [2.45, 2.75) is 20.4 Å². The van der Waals surface area contributed by atoms with Gasteiger partial charge in [-0.3, -0.25) is 4.79 Å². The summed E-state index contributed by atoms with van der Waals surface area (Å²) < 4.78 is 1.86. The lowest BCUT2D eigenvalue weighted by atomic mass is 10.1. The fourth-order valence-electron chi connectivity index (χ4n) is 4.27. The Kier molecular flexibility index (Phi) is 5.86. The van der Waals surface area contributed by atoms with Crippen molar-refractivity contribution in [3.8, 4) is 0 Å². The average molecular weight is 461 g/mol. The second kappa shape index (κ2) is 8.96. The van der Waals surface area contributed by atoms with Gasteiger partial charge >= 0.3 is 0 Å². The summed E-state index contributed by atoms with van der Waals surface area (Å²) in [4.78, 5) is 23.9. The first kappa shape index (κ1) is 21.6. The fraction of sp³-hybridized carbons (Fsp3) is 0.320. The van der Waals surface area contributed by atoms with Crippen LogP contribution >= 0.6 is 11.3 Å². The van der Waals surface area contributed by atoms with Crippen molar-refractivity contribution in [1.82, 2.24) is 19.7 Å². The SMILES string of the molecule is Cc1cc(C(=O)Nc2ccc(N3CCN(C)CC3)cc2C)c2cnn(Cc3cccs3)c2n1. The molecule has 1 fully saturated rings. The Balaban J connectivity index is 1.38. The number of nitrogens with zero attached hydrogens (tertiary/aromatic N) is 5. The third-order valence-electron chi connectivity index (χ3n) is 6.19. The van der Waals surface area contributed by atoms with E-state index in [0.29, 0.717) is 12.1 Å². The molecule has 5 rings (SSSR count). The zero-order chi connectivity index (χ0) is 22.9. The Hall–Kier alpha value is -3.23. The number of likely N-dealkylation sites (N-methyl/N-ethyl adjacent to an activating group) is 1. The van der Waals surface area contributed by atoms with E-state index in [1.807, 2.05) is 36.7 Å². The maximum absolute atomic E-state index is 13.3. The third kappa shape index (κ3) is 4.49. The first-order valence-electron chi connectivity index (χ1n) is 11.2. The van der Waals surface area contributed by atoms with Crippen molar-refractivity contribution >= 4 is 39.7 Å². The molecule has 1 amide bonds. The lowest BCUT2D eigenvalue weighted by Crippen LogP contribution is -2.44. The number of pyridine rings is 1. The monoisotopic (exact) mass is 460 g/mol. The van der Waals surface area contributed by atoms with Crippen LogP contribution < -0.4 is 10.2 Å². The molecule has 1 saturated heterocycles. The molecule has 0 atom stereocenters. The van der Waals surface area contributed by atoms with Crippen LogP contribution in [0.4, 0.5) is 11.4 Å². The minimum atomic E-state index is -0.142. The summed E-state index contributed by atoms with van der Waals surface area (Å²) in [6, 6.07) is 12.2. The summed E-state index contributed by atoms with van der Waals surface area (Å²) >= 11 is 1.69. The van der Waals surface area contributed by atoms with Gasteiger partial charge in [-0.2, -0.15) is 5.10 Å². The Morgan fingerprint density at radius 1 is 1.12 bits per heavy atom. The minimum absolute atomic E-state index is 0.142. The molecule has 0 unspecified atom stereocenters. The summed E-state index contributed by atoms with van der Waals surface area (Å²) in [6.07, 6.45) is 1.74. The van der Waals surface area contributed by atoms with Gasteiger partial charge in [-0.1, -0.05) is 6.07 Å². The molecule has 0 aliphatic carbocycles. The van der Waals surface area contributed by atoms with Crippen molar-refractivity contribution in [3.05, 3.63) is 69.7 Å². The number of aromatic nitrogens is 3. The van der Waals surface area contributed by atoms with Crippen molar-refractivity contribution in [2.75, 3.05) is 43.4 Å². The normalized spacial score (nSPS) is 14.7. The predicted molar refractivity (Wildman–Crippen MR) is 135 cm³/mol. The summed E-state index contributed by atoms with van der Waals surface area (Å²) in [7, 11) is 2.16. The number of rotatable bonds is 5. The highest BCUT2D eigenvalue weighted by atomic mass is 32.1. The van der Waals surface area contributed by atoms with Crippen LogP contribution in [0, 0.1) is 13.8 Å². The van der Waals surface area contributed by atoms with Gasteiger partial charge in [0.2, 0.25) is 0 Å². The molecule has 4 heterocycles. The predicted octanol–water partition coefficient (Wildman–Crippen LogP) is 4.16. The Morgan fingerprint density at radius 3 is 2.67 bits per heavy atom. The number of carbonyl (C=O) groups excluding carboxylic acids is 1. The summed E-state index contributed by atoms with van der Waals surface area (Å²) in [5.74, 6) is -0.142. The molecule has 7 nitrogen and oxygen atoms in total. The maximum atomic E-state index is 13.3. The highest BCUT2D eigenvalue weighted by Gasteiger charge is 2.18. The van der Waals surface area contributed by atoms with Crippen LogP contribution in [-0.4, -0.2) is 58.8 Å². The lowest BCUT2D eigenvalue weighted by Gasteiger charge is -2.34. The largest absolute Gasteiger partial charge is 0.369 e. The van der Waals surface area contributed by atoms with Crippen LogP contribution in [0.1, 0.15) is 26.5 Å². The summed E-state index contributed by atoms with van der Waals surface area (Å²) in [6.45, 7) is 8.77. The van der Waals surface area contributed by atoms with Crippen LogP contribution in [-0.2, 0) is 6.54 Å². The van der Waals surface area contributed by atoms with E-state index in [0.717, 1.165) is 54.2 Å². The number of hydrogen-bond donors (Lipinski definition) is 1. The number of nitrogens with one attached hydrogen (secondary N) is 1. The van der Waals surface area contributed by atoms with Crippen LogP contribution in [0.15, 0.2) is 48.0 Å². The number of hydrogen-bond acceptors (Lipinski definition) is 6. The summed E-state index contributed by atoms with van der Waals surface area (Å²) in [5.41, 5.74) is 5.20. The number of benzene rings is 1. The molecule has 3 aromatic heterocycles. The maximum Gasteiger partial charge on any atom is 0.256 e. The van der Waals surface area contributed by atoms with Crippen molar-refractivity contribution in [1.29, 1.82) is 0 Å². The topological polar surface area (TPSA) is 66.3 Å². The average Bonchev–Trinajstić information content (AvgIpc) is 3.46. The highest BCUT2D eigenvalue weighted by Crippen LogP contribution is 2.26. The molecule has 33 heavy (non-hydrogen) atoms. The second-order valence-electron chi connectivity index (χ2n) is 8.67. The molecule has 1 N–H and O–H groups in total. The van der Waals surface area contributed by atoms with E-state index in [1.165, 1.54) is 10.6 Å². The van der Waals surface area contributed by atoms with E-state index in [1.54, 1.807) is 17.5 Å². The molecule has 0 saturated carbocycles. The number of anilines is 2. The van der Waals surface area contributed by atoms with Crippen LogP contribution in [0.2, 0.25) is 0 Å². The molecule has 1 aliphatic rings. The van der Waals surface area contributed by atoms with Gasteiger partial charge < -0.3 is 15.1 Å². The van der Waals surface area contributed by atoms with Gasteiger partial charge in [-0.05, 0) is 62.2 Å².